The van der Waals surface area contributed by atoms with Crippen molar-refractivity contribution in [2.45, 2.75) is 30.4 Å². The van der Waals surface area contributed by atoms with Crippen LogP contribution in [0.3, 0.4) is 0 Å². The highest BCUT2D eigenvalue weighted by atomic mass is 32.2. The van der Waals surface area contributed by atoms with Gasteiger partial charge in [0.05, 0.1) is 35.8 Å². The quantitative estimate of drug-likeness (QED) is 0.404. The number of aromatic nitrogens is 1. The fourth-order valence-corrected chi connectivity index (χ4v) is 4.73. The molecule has 0 aromatic carbocycles. The third-order valence-electron chi connectivity index (χ3n) is 4.96. The van der Waals surface area contributed by atoms with Crippen molar-refractivity contribution in [1.29, 1.82) is 5.26 Å². The summed E-state index contributed by atoms with van der Waals surface area (Å²) in [6, 6.07) is 5.42. The van der Waals surface area contributed by atoms with Gasteiger partial charge in [-0.25, -0.2) is 4.57 Å². The van der Waals surface area contributed by atoms with Gasteiger partial charge in [-0.15, -0.1) is 11.8 Å². The number of carboxylic acids is 1. The number of thioether (sulfide) groups is 1. The number of fused-ring (bicyclic) bond motifs is 1. The Morgan fingerprint density at radius 2 is 2.15 bits per heavy atom. The summed E-state index contributed by atoms with van der Waals surface area (Å²) in [5.41, 5.74) is 0.400. The molecule has 1 amide bonds. The van der Waals surface area contributed by atoms with Crippen LogP contribution in [0.2, 0.25) is 0 Å². The number of aliphatic hydroxyl groups excluding tert-OH is 1. The van der Waals surface area contributed by atoms with Gasteiger partial charge >= 0.3 is 0 Å². The van der Waals surface area contributed by atoms with Gasteiger partial charge in [-0.2, -0.15) is 5.26 Å². The molecule has 8 heteroatoms. The molecule has 0 radical (unpaired) electrons. The van der Waals surface area contributed by atoms with Crippen molar-refractivity contribution in [1.82, 2.24) is 4.90 Å². The summed E-state index contributed by atoms with van der Waals surface area (Å²) >= 11 is 1.45. The maximum absolute atomic E-state index is 12.4. The van der Waals surface area contributed by atoms with Gasteiger partial charge in [0.1, 0.15) is 7.05 Å². The molecule has 0 bridgehead atoms. The Hall–Kier alpha value is -2.37. The Morgan fingerprint density at radius 3 is 2.69 bits per heavy atom. The third kappa shape index (κ3) is 2.97. The molecule has 2 aliphatic rings. The SMILES string of the molecule is C[C@@H](O)[C@H]1C(=O)N2C(C(=O)[O-])=C(CSc3cc[n+](C)cc3)[C@H](CC#N)[C@H]12. The molecular weight excluding hydrogens is 354 g/mol. The Kier molecular flexibility index (Phi) is 5.03. The summed E-state index contributed by atoms with van der Waals surface area (Å²) in [4.78, 5) is 26.2. The molecule has 1 aromatic rings. The highest BCUT2D eigenvalue weighted by Gasteiger charge is 2.59. The van der Waals surface area contributed by atoms with E-state index in [1.54, 1.807) is 0 Å². The lowest BCUT2D eigenvalue weighted by molar-refractivity contribution is -0.671. The summed E-state index contributed by atoms with van der Waals surface area (Å²) in [6.45, 7) is 1.51. The average molecular weight is 373 g/mol. The second kappa shape index (κ2) is 7.09. The summed E-state index contributed by atoms with van der Waals surface area (Å²) in [6.07, 6.45) is 2.97. The number of rotatable bonds is 6. The molecular formula is C18H19N3O4S. The molecule has 2 aliphatic heterocycles. The Labute approximate surface area is 155 Å². The predicted molar refractivity (Wildman–Crippen MR) is 89.9 cm³/mol. The lowest BCUT2D eigenvalue weighted by Crippen LogP contribution is -2.64. The molecule has 1 saturated heterocycles. The molecule has 26 heavy (non-hydrogen) atoms. The minimum Gasteiger partial charge on any atom is -0.543 e. The van der Waals surface area contributed by atoms with E-state index in [0.29, 0.717) is 11.3 Å². The molecule has 136 valence electrons. The van der Waals surface area contributed by atoms with Crippen LogP contribution in [-0.2, 0) is 16.6 Å². The number of β-lactam (4-membered cyclic amide) rings is 1. The maximum atomic E-state index is 12.4. The standard InChI is InChI=1S/C18H19N3O4S/c1-10(22)14-15-12(3-6-19)13(16(18(24)25)21(15)17(14)23)9-26-11-4-7-20(2)8-5-11/h4-5,7-8,10,12,14-15,22H,3,9H2,1-2H3/t10-,12+,14-,15-/m1/s1. The summed E-state index contributed by atoms with van der Waals surface area (Å²) in [5.74, 6) is -2.57. The molecule has 7 nitrogen and oxygen atoms in total. The molecule has 1 aromatic heterocycles. The lowest BCUT2D eigenvalue weighted by atomic mass is 9.76. The van der Waals surface area contributed by atoms with Gasteiger partial charge in [0.2, 0.25) is 5.91 Å². The molecule has 1 fully saturated rings. The number of hydrogen-bond acceptors (Lipinski definition) is 6. The molecule has 3 heterocycles. The molecule has 0 spiro atoms. The van der Waals surface area contributed by atoms with Crippen molar-refractivity contribution < 1.29 is 24.4 Å². The smallest absolute Gasteiger partial charge is 0.235 e. The molecule has 0 saturated carbocycles. The van der Waals surface area contributed by atoms with Crippen molar-refractivity contribution in [2.24, 2.45) is 18.9 Å². The van der Waals surface area contributed by atoms with Crippen LogP contribution in [0.5, 0.6) is 0 Å². The van der Waals surface area contributed by atoms with Crippen molar-refractivity contribution in [2.75, 3.05) is 5.75 Å². The van der Waals surface area contributed by atoms with Crippen LogP contribution < -0.4 is 9.67 Å². The Balaban J connectivity index is 1.91. The molecule has 4 atom stereocenters. The van der Waals surface area contributed by atoms with Gasteiger partial charge in [-0.1, -0.05) is 0 Å². The van der Waals surface area contributed by atoms with Crippen LogP contribution in [-0.4, -0.2) is 39.8 Å². The zero-order valence-corrected chi connectivity index (χ0v) is 15.3. The van der Waals surface area contributed by atoms with Crippen LogP contribution in [0.25, 0.3) is 0 Å². The fraction of sp³-hybridized carbons (Fsp3) is 0.444. The van der Waals surface area contributed by atoms with Crippen LogP contribution in [0.4, 0.5) is 0 Å². The molecule has 0 unspecified atom stereocenters. The second-order valence-electron chi connectivity index (χ2n) is 6.58. The van der Waals surface area contributed by atoms with E-state index >= 15 is 0 Å². The number of pyridine rings is 1. The first-order valence-corrected chi connectivity index (χ1v) is 9.26. The molecule has 0 aliphatic carbocycles. The van der Waals surface area contributed by atoms with Gasteiger partial charge in [0.15, 0.2) is 12.4 Å². The topological polar surface area (TPSA) is 108 Å². The van der Waals surface area contributed by atoms with Crippen molar-refractivity contribution in [3.63, 3.8) is 0 Å². The Morgan fingerprint density at radius 1 is 1.50 bits per heavy atom. The number of amides is 1. The summed E-state index contributed by atoms with van der Waals surface area (Å²) in [7, 11) is 1.90. The van der Waals surface area contributed by atoms with Gasteiger partial charge in [0, 0.05) is 35.1 Å². The second-order valence-corrected chi connectivity index (χ2v) is 7.63. The van der Waals surface area contributed by atoms with E-state index in [0.717, 1.165) is 4.90 Å². The molecule has 1 N–H and O–H groups in total. The first-order chi connectivity index (χ1) is 12.4. The molecule has 3 rings (SSSR count). The van der Waals surface area contributed by atoms with Gasteiger partial charge in [0.25, 0.3) is 0 Å². The fourth-order valence-electron chi connectivity index (χ4n) is 3.74. The predicted octanol–water partition coefficient (Wildman–Crippen LogP) is -0.642. The number of aliphatic carboxylic acids is 1. The zero-order valence-electron chi connectivity index (χ0n) is 14.5. The van der Waals surface area contributed by atoms with Crippen molar-refractivity contribution in [3.8, 4) is 6.07 Å². The van der Waals surface area contributed by atoms with E-state index in [2.05, 4.69) is 6.07 Å². The number of aryl methyl sites for hydroxylation is 1. The number of nitriles is 1. The van der Waals surface area contributed by atoms with E-state index < -0.39 is 35.9 Å². The minimum atomic E-state index is -1.41. The van der Waals surface area contributed by atoms with Gasteiger partial charge in [-0.05, 0) is 12.5 Å². The number of hydrogen-bond donors (Lipinski definition) is 1. The van der Waals surface area contributed by atoms with E-state index in [-0.39, 0.29) is 12.1 Å². The summed E-state index contributed by atoms with van der Waals surface area (Å²) in [5, 5.41) is 30.8. The van der Waals surface area contributed by atoms with Gasteiger partial charge in [-0.3, -0.25) is 4.79 Å². The Bertz CT molecular complexity index is 813. The van der Waals surface area contributed by atoms with E-state index in [4.69, 9.17) is 0 Å². The number of nitrogens with zero attached hydrogens (tertiary/aromatic N) is 3. The van der Waals surface area contributed by atoms with Crippen molar-refractivity contribution in [3.05, 3.63) is 35.8 Å². The van der Waals surface area contributed by atoms with E-state index in [1.165, 1.54) is 23.6 Å². The first-order valence-electron chi connectivity index (χ1n) is 8.27. The van der Waals surface area contributed by atoms with Crippen LogP contribution in [0, 0.1) is 23.2 Å². The maximum Gasteiger partial charge on any atom is 0.235 e. The van der Waals surface area contributed by atoms with Crippen molar-refractivity contribution >= 4 is 23.6 Å². The lowest BCUT2D eigenvalue weighted by Gasteiger charge is -2.47. The van der Waals surface area contributed by atoms with Crippen LogP contribution in [0.15, 0.2) is 40.7 Å². The number of aliphatic hydroxyl groups is 1. The number of carboxylic acid groups (broad SMARTS) is 1. The monoisotopic (exact) mass is 373 g/mol. The van der Waals surface area contributed by atoms with E-state index in [1.807, 2.05) is 36.1 Å². The highest BCUT2D eigenvalue weighted by molar-refractivity contribution is 7.99. The minimum absolute atomic E-state index is 0.0914. The van der Waals surface area contributed by atoms with Gasteiger partial charge < -0.3 is 19.9 Å². The van der Waals surface area contributed by atoms with Crippen LogP contribution in [0.1, 0.15) is 13.3 Å². The average Bonchev–Trinajstić information content (AvgIpc) is 2.84. The van der Waals surface area contributed by atoms with Crippen LogP contribution >= 0.6 is 11.8 Å². The number of carbonyl (C=O) groups excluding carboxylic acids is 2. The summed E-state index contributed by atoms with van der Waals surface area (Å²) < 4.78 is 1.89. The first kappa shape index (κ1) is 18.4. The zero-order chi connectivity index (χ0) is 19.0. The highest BCUT2D eigenvalue weighted by Crippen LogP contribution is 2.49. The normalized spacial score (nSPS) is 25.5. The largest absolute Gasteiger partial charge is 0.543 e. The third-order valence-corrected chi connectivity index (χ3v) is 6.02. The number of carbonyl (C=O) groups is 2. The van der Waals surface area contributed by atoms with E-state index in [9.17, 15) is 25.1 Å².